The number of hydrogen-bond acceptors (Lipinski definition) is 5. The highest BCUT2D eigenvalue weighted by molar-refractivity contribution is 6.33. The first-order valence-corrected chi connectivity index (χ1v) is 6.83. The van der Waals surface area contributed by atoms with Gasteiger partial charge in [-0.1, -0.05) is 25.4 Å². The summed E-state index contributed by atoms with van der Waals surface area (Å²) in [6, 6.07) is 5.52. The molecule has 2 N–H and O–H groups in total. The zero-order chi connectivity index (χ0) is 14.6. The van der Waals surface area contributed by atoms with Crippen molar-refractivity contribution in [2.24, 2.45) is 5.41 Å². The van der Waals surface area contributed by atoms with E-state index in [9.17, 15) is 5.11 Å². The van der Waals surface area contributed by atoms with Crippen molar-refractivity contribution in [3.8, 4) is 5.69 Å². The average Bonchev–Trinajstić information content (AvgIpc) is 3.00. The Kier molecular flexibility index (Phi) is 4.57. The van der Waals surface area contributed by atoms with E-state index in [1.807, 2.05) is 19.1 Å². The molecule has 0 amide bonds. The maximum absolute atomic E-state index is 9.43. The molecular weight excluding hydrogens is 278 g/mol. The molecule has 0 fully saturated rings. The van der Waals surface area contributed by atoms with Gasteiger partial charge in [0, 0.05) is 12.0 Å². The van der Waals surface area contributed by atoms with E-state index in [-0.39, 0.29) is 12.0 Å². The molecule has 108 valence electrons. The highest BCUT2D eigenvalue weighted by Gasteiger charge is 2.21. The van der Waals surface area contributed by atoms with Crippen LogP contribution in [0.1, 0.15) is 20.3 Å². The molecule has 0 bridgehead atoms. The highest BCUT2D eigenvalue weighted by Crippen LogP contribution is 2.27. The number of nitrogens with zero attached hydrogens (tertiary/aromatic N) is 4. The molecule has 20 heavy (non-hydrogen) atoms. The summed E-state index contributed by atoms with van der Waals surface area (Å²) in [5.74, 6) is 0. The van der Waals surface area contributed by atoms with Crippen LogP contribution in [-0.2, 0) is 0 Å². The molecule has 1 aromatic carbocycles. The van der Waals surface area contributed by atoms with Gasteiger partial charge in [-0.2, -0.15) is 0 Å². The summed E-state index contributed by atoms with van der Waals surface area (Å²) in [5.41, 5.74) is 1.45. The van der Waals surface area contributed by atoms with Crippen molar-refractivity contribution in [3.05, 3.63) is 29.5 Å². The number of aliphatic hydroxyl groups is 1. The number of tetrazole rings is 1. The standard InChI is InChI=1S/C13H18ClN5O/c1-3-13(2,8-20)7-15-12-6-10(4-5-11(12)14)19-9-16-17-18-19/h4-6,9,15,20H,3,7-8H2,1-2H3. The van der Waals surface area contributed by atoms with Gasteiger partial charge in [-0.25, -0.2) is 4.68 Å². The van der Waals surface area contributed by atoms with E-state index in [0.29, 0.717) is 11.6 Å². The molecule has 7 heteroatoms. The summed E-state index contributed by atoms with van der Waals surface area (Å²) < 4.78 is 1.56. The Morgan fingerprint density at radius 2 is 2.25 bits per heavy atom. The van der Waals surface area contributed by atoms with Gasteiger partial charge < -0.3 is 10.4 Å². The van der Waals surface area contributed by atoms with Gasteiger partial charge in [-0.15, -0.1) is 5.10 Å². The second kappa shape index (κ2) is 6.19. The predicted molar refractivity (Wildman–Crippen MR) is 78.1 cm³/mol. The van der Waals surface area contributed by atoms with Crippen LogP contribution in [0, 0.1) is 5.41 Å². The van der Waals surface area contributed by atoms with E-state index in [2.05, 4.69) is 27.8 Å². The second-order valence-electron chi connectivity index (χ2n) is 5.09. The summed E-state index contributed by atoms with van der Waals surface area (Å²) in [6.07, 6.45) is 2.40. The van der Waals surface area contributed by atoms with Crippen LogP contribution in [0.25, 0.3) is 5.69 Å². The number of benzene rings is 1. The molecule has 0 radical (unpaired) electrons. The fourth-order valence-corrected chi connectivity index (χ4v) is 1.86. The third-order valence-corrected chi connectivity index (χ3v) is 3.83. The Morgan fingerprint density at radius 3 is 2.85 bits per heavy atom. The number of aliphatic hydroxyl groups excluding tert-OH is 1. The number of anilines is 1. The van der Waals surface area contributed by atoms with Crippen molar-refractivity contribution in [3.63, 3.8) is 0 Å². The number of rotatable bonds is 6. The van der Waals surface area contributed by atoms with Crippen LogP contribution >= 0.6 is 11.6 Å². The second-order valence-corrected chi connectivity index (χ2v) is 5.50. The van der Waals surface area contributed by atoms with Crippen LogP contribution in [0.4, 0.5) is 5.69 Å². The molecule has 0 saturated carbocycles. The first-order valence-electron chi connectivity index (χ1n) is 6.45. The Morgan fingerprint density at radius 1 is 1.45 bits per heavy atom. The van der Waals surface area contributed by atoms with Crippen molar-refractivity contribution in [2.75, 3.05) is 18.5 Å². The quantitative estimate of drug-likeness (QED) is 0.854. The molecule has 0 aliphatic heterocycles. The molecule has 0 aliphatic rings. The smallest absolute Gasteiger partial charge is 0.143 e. The molecule has 0 spiro atoms. The monoisotopic (exact) mass is 295 g/mol. The number of aromatic nitrogens is 4. The molecule has 2 rings (SSSR count). The minimum atomic E-state index is -0.172. The fraction of sp³-hybridized carbons (Fsp3) is 0.462. The van der Waals surface area contributed by atoms with E-state index in [1.54, 1.807) is 10.7 Å². The van der Waals surface area contributed by atoms with Crippen molar-refractivity contribution < 1.29 is 5.11 Å². The summed E-state index contributed by atoms with van der Waals surface area (Å²) in [5, 5.41) is 24.4. The largest absolute Gasteiger partial charge is 0.396 e. The van der Waals surface area contributed by atoms with Gasteiger partial charge in [0.15, 0.2) is 0 Å². The number of halogens is 1. The molecule has 6 nitrogen and oxygen atoms in total. The summed E-state index contributed by atoms with van der Waals surface area (Å²) in [6.45, 7) is 4.84. The minimum absolute atomic E-state index is 0.126. The van der Waals surface area contributed by atoms with Crippen molar-refractivity contribution >= 4 is 17.3 Å². The molecule has 1 unspecified atom stereocenters. The van der Waals surface area contributed by atoms with Crippen LogP contribution in [0.3, 0.4) is 0 Å². The molecule has 0 saturated heterocycles. The van der Waals surface area contributed by atoms with Gasteiger partial charge >= 0.3 is 0 Å². The normalized spacial score (nSPS) is 14.0. The van der Waals surface area contributed by atoms with E-state index in [1.165, 1.54) is 6.33 Å². The minimum Gasteiger partial charge on any atom is -0.396 e. The van der Waals surface area contributed by atoms with E-state index in [4.69, 9.17) is 11.6 Å². The van der Waals surface area contributed by atoms with Gasteiger partial charge in [0.25, 0.3) is 0 Å². The summed E-state index contributed by atoms with van der Waals surface area (Å²) in [7, 11) is 0. The first kappa shape index (κ1) is 14.7. The Hall–Kier alpha value is -1.66. The molecule has 1 atom stereocenters. The molecule has 2 aromatic rings. The lowest BCUT2D eigenvalue weighted by atomic mass is 9.88. The molecule has 1 aromatic heterocycles. The van der Waals surface area contributed by atoms with Crippen LogP contribution in [0.15, 0.2) is 24.5 Å². The van der Waals surface area contributed by atoms with Gasteiger partial charge in [-0.3, -0.25) is 0 Å². The van der Waals surface area contributed by atoms with Crippen molar-refractivity contribution in [2.45, 2.75) is 20.3 Å². The van der Waals surface area contributed by atoms with Crippen LogP contribution in [0.2, 0.25) is 5.02 Å². The molecular formula is C13H18ClN5O. The molecule has 0 aliphatic carbocycles. The van der Waals surface area contributed by atoms with Gasteiger partial charge in [0.1, 0.15) is 6.33 Å². The summed E-state index contributed by atoms with van der Waals surface area (Å²) in [4.78, 5) is 0. The first-order chi connectivity index (χ1) is 9.58. The topological polar surface area (TPSA) is 75.9 Å². The van der Waals surface area contributed by atoms with E-state index < -0.39 is 0 Å². The van der Waals surface area contributed by atoms with Crippen LogP contribution < -0.4 is 5.32 Å². The third-order valence-electron chi connectivity index (χ3n) is 3.50. The lowest BCUT2D eigenvalue weighted by Crippen LogP contribution is -2.29. The van der Waals surface area contributed by atoms with Crippen molar-refractivity contribution in [1.82, 2.24) is 20.2 Å². The Bertz CT molecular complexity index is 554. The van der Waals surface area contributed by atoms with Crippen LogP contribution in [-0.4, -0.2) is 38.5 Å². The van der Waals surface area contributed by atoms with Crippen LogP contribution in [0.5, 0.6) is 0 Å². The van der Waals surface area contributed by atoms with Crippen molar-refractivity contribution in [1.29, 1.82) is 0 Å². The lowest BCUT2D eigenvalue weighted by molar-refractivity contribution is 0.149. The SMILES string of the molecule is CCC(C)(CO)CNc1cc(-n2cnnn2)ccc1Cl. The van der Waals surface area contributed by atoms with E-state index in [0.717, 1.165) is 17.8 Å². The van der Waals surface area contributed by atoms with E-state index >= 15 is 0 Å². The predicted octanol–water partition coefficient (Wildman–Crippen LogP) is 2.14. The van der Waals surface area contributed by atoms with Gasteiger partial charge in [0.2, 0.25) is 0 Å². The number of nitrogens with one attached hydrogen (secondary N) is 1. The molecule has 1 heterocycles. The average molecular weight is 296 g/mol. The third kappa shape index (κ3) is 3.26. The zero-order valence-electron chi connectivity index (χ0n) is 11.5. The summed E-state index contributed by atoms with van der Waals surface area (Å²) >= 11 is 6.19. The maximum atomic E-state index is 9.43. The highest BCUT2D eigenvalue weighted by atomic mass is 35.5. The Balaban J connectivity index is 2.17. The van der Waals surface area contributed by atoms with Gasteiger partial charge in [0.05, 0.1) is 23.0 Å². The zero-order valence-corrected chi connectivity index (χ0v) is 12.3. The maximum Gasteiger partial charge on any atom is 0.143 e. The van der Waals surface area contributed by atoms with Gasteiger partial charge in [-0.05, 0) is 35.0 Å². The lowest BCUT2D eigenvalue weighted by Gasteiger charge is -2.26. The fourth-order valence-electron chi connectivity index (χ4n) is 1.67. The number of hydrogen-bond donors (Lipinski definition) is 2. The Labute approximate surface area is 122 Å².